The third kappa shape index (κ3) is 3.01. The van der Waals surface area contributed by atoms with E-state index in [4.69, 9.17) is 11.6 Å². The van der Waals surface area contributed by atoms with Crippen LogP contribution in [0.2, 0.25) is 0 Å². The molecule has 0 aliphatic heterocycles. The van der Waals surface area contributed by atoms with Crippen molar-refractivity contribution in [1.82, 2.24) is 5.32 Å². The number of carbonyl (C=O) groups is 1. The highest BCUT2D eigenvalue weighted by molar-refractivity contribution is 6.19. The van der Waals surface area contributed by atoms with Crippen molar-refractivity contribution in [3.8, 4) is 0 Å². The minimum atomic E-state index is -0.0988. The van der Waals surface area contributed by atoms with Crippen LogP contribution in [0.1, 0.15) is 29.5 Å². The Morgan fingerprint density at radius 1 is 1.35 bits per heavy atom. The molecule has 1 aromatic carbocycles. The van der Waals surface area contributed by atoms with Crippen molar-refractivity contribution >= 4 is 17.5 Å². The topological polar surface area (TPSA) is 29.1 Å². The first-order valence-electron chi connectivity index (χ1n) is 5.98. The number of alkyl halides is 1. The average molecular weight is 252 g/mol. The molecule has 0 radical (unpaired) electrons. The van der Waals surface area contributed by atoms with Crippen LogP contribution in [-0.2, 0) is 11.2 Å². The summed E-state index contributed by atoms with van der Waals surface area (Å²) in [7, 11) is 0. The average Bonchev–Trinajstić information content (AvgIpc) is 3.04. The second-order valence-electron chi connectivity index (χ2n) is 5.06. The fraction of sp³-hybridized carbons (Fsp3) is 0.500. The van der Waals surface area contributed by atoms with Crippen molar-refractivity contribution in [2.75, 3.05) is 5.88 Å². The largest absolute Gasteiger partial charge is 0.349 e. The van der Waals surface area contributed by atoms with Gasteiger partial charge in [-0.15, -0.1) is 11.6 Å². The monoisotopic (exact) mass is 251 g/mol. The molecule has 1 aromatic rings. The van der Waals surface area contributed by atoms with Crippen LogP contribution in [0.25, 0.3) is 0 Å². The summed E-state index contributed by atoms with van der Waals surface area (Å²) in [6.07, 6.45) is 2.46. The summed E-state index contributed by atoms with van der Waals surface area (Å²) in [5, 5.41) is 3.03. The van der Waals surface area contributed by atoms with Gasteiger partial charge in [-0.2, -0.15) is 0 Å². The third-order valence-electron chi connectivity index (χ3n) is 3.45. The highest BCUT2D eigenvalue weighted by atomic mass is 35.5. The van der Waals surface area contributed by atoms with E-state index >= 15 is 0 Å². The first-order valence-corrected chi connectivity index (χ1v) is 6.51. The zero-order valence-electron chi connectivity index (χ0n) is 10.3. The fourth-order valence-corrected chi connectivity index (χ4v) is 2.22. The Balaban J connectivity index is 1.96. The molecular formula is C14H18ClNO. The minimum absolute atomic E-state index is 0.0754. The first kappa shape index (κ1) is 12.4. The molecule has 17 heavy (non-hydrogen) atoms. The molecule has 0 aromatic heterocycles. The SMILES string of the molecule is Cc1ccc(CC(=O)NC2(CCl)CC2)cc1C. The predicted molar refractivity (Wildman–Crippen MR) is 70.4 cm³/mol. The molecule has 0 saturated heterocycles. The summed E-state index contributed by atoms with van der Waals surface area (Å²) in [6, 6.07) is 6.16. The van der Waals surface area contributed by atoms with E-state index in [2.05, 4.69) is 31.3 Å². The van der Waals surface area contributed by atoms with Gasteiger partial charge in [0, 0.05) is 5.88 Å². The van der Waals surface area contributed by atoms with E-state index in [-0.39, 0.29) is 11.4 Å². The Bertz CT molecular complexity index is 438. The van der Waals surface area contributed by atoms with Crippen molar-refractivity contribution in [1.29, 1.82) is 0 Å². The smallest absolute Gasteiger partial charge is 0.224 e. The van der Waals surface area contributed by atoms with Gasteiger partial charge in [-0.05, 0) is 43.4 Å². The van der Waals surface area contributed by atoms with Gasteiger partial charge in [0.15, 0.2) is 0 Å². The zero-order valence-corrected chi connectivity index (χ0v) is 11.1. The van der Waals surface area contributed by atoms with Gasteiger partial charge in [0.05, 0.1) is 12.0 Å². The van der Waals surface area contributed by atoms with Gasteiger partial charge in [0.25, 0.3) is 0 Å². The Kier molecular flexibility index (Phi) is 3.43. The van der Waals surface area contributed by atoms with Crippen molar-refractivity contribution < 1.29 is 4.79 Å². The number of hydrogen-bond acceptors (Lipinski definition) is 1. The second kappa shape index (κ2) is 4.69. The Morgan fingerprint density at radius 2 is 2.06 bits per heavy atom. The number of hydrogen-bond donors (Lipinski definition) is 1. The summed E-state index contributed by atoms with van der Waals surface area (Å²) < 4.78 is 0. The van der Waals surface area contributed by atoms with Crippen LogP contribution < -0.4 is 5.32 Å². The van der Waals surface area contributed by atoms with Crippen LogP contribution >= 0.6 is 11.6 Å². The maximum Gasteiger partial charge on any atom is 0.224 e. The van der Waals surface area contributed by atoms with E-state index in [1.807, 2.05) is 6.07 Å². The molecule has 1 aliphatic carbocycles. The highest BCUT2D eigenvalue weighted by Gasteiger charge is 2.42. The van der Waals surface area contributed by atoms with Crippen LogP contribution in [0.4, 0.5) is 0 Å². The third-order valence-corrected chi connectivity index (χ3v) is 3.96. The molecule has 0 bridgehead atoms. The molecule has 1 saturated carbocycles. The van der Waals surface area contributed by atoms with E-state index in [1.165, 1.54) is 11.1 Å². The summed E-state index contributed by atoms with van der Waals surface area (Å²) in [5.74, 6) is 0.595. The molecule has 1 aliphatic rings. The Hall–Kier alpha value is -1.02. The molecule has 3 heteroatoms. The van der Waals surface area contributed by atoms with E-state index in [0.29, 0.717) is 12.3 Å². The molecule has 1 fully saturated rings. The van der Waals surface area contributed by atoms with Crippen molar-refractivity contribution in [3.05, 3.63) is 34.9 Å². The Morgan fingerprint density at radius 3 is 2.59 bits per heavy atom. The van der Waals surface area contributed by atoms with Crippen LogP contribution in [-0.4, -0.2) is 17.3 Å². The Labute approximate surface area is 107 Å². The van der Waals surface area contributed by atoms with Crippen molar-refractivity contribution in [3.63, 3.8) is 0 Å². The van der Waals surface area contributed by atoms with Crippen molar-refractivity contribution in [2.45, 2.75) is 38.6 Å². The van der Waals surface area contributed by atoms with E-state index in [0.717, 1.165) is 18.4 Å². The van der Waals surface area contributed by atoms with Gasteiger partial charge in [0.2, 0.25) is 5.91 Å². The molecule has 1 N–H and O–H groups in total. The summed E-state index contributed by atoms with van der Waals surface area (Å²) in [6.45, 7) is 4.14. The van der Waals surface area contributed by atoms with Crippen LogP contribution in [0.15, 0.2) is 18.2 Å². The van der Waals surface area contributed by atoms with Gasteiger partial charge in [0.1, 0.15) is 0 Å². The lowest BCUT2D eigenvalue weighted by molar-refractivity contribution is -0.121. The van der Waals surface area contributed by atoms with Gasteiger partial charge >= 0.3 is 0 Å². The number of nitrogens with one attached hydrogen (secondary N) is 1. The van der Waals surface area contributed by atoms with E-state index < -0.39 is 0 Å². The lowest BCUT2D eigenvalue weighted by Crippen LogP contribution is -2.39. The summed E-state index contributed by atoms with van der Waals surface area (Å²) in [5.41, 5.74) is 3.46. The molecule has 0 spiro atoms. The highest BCUT2D eigenvalue weighted by Crippen LogP contribution is 2.36. The normalized spacial score (nSPS) is 16.6. The standard InChI is InChI=1S/C14H18ClNO/c1-10-3-4-12(7-11(10)2)8-13(17)16-14(9-15)5-6-14/h3-4,7H,5-6,8-9H2,1-2H3,(H,16,17). The van der Waals surface area contributed by atoms with Gasteiger partial charge in [-0.1, -0.05) is 18.2 Å². The second-order valence-corrected chi connectivity index (χ2v) is 5.32. The summed E-state index contributed by atoms with van der Waals surface area (Å²) >= 11 is 5.83. The van der Waals surface area contributed by atoms with Gasteiger partial charge in [-0.3, -0.25) is 4.79 Å². The molecular weight excluding hydrogens is 234 g/mol. The molecule has 0 heterocycles. The van der Waals surface area contributed by atoms with Gasteiger partial charge in [-0.25, -0.2) is 0 Å². The molecule has 2 nitrogen and oxygen atoms in total. The molecule has 1 amide bonds. The van der Waals surface area contributed by atoms with Crippen LogP contribution in [0.3, 0.4) is 0 Å². The van der Waals surface area contributed by atoms with Crippen LogP contribution in [0.5, 0.6) is 0 Å². The van der Waals surface area contributed by atoms with Gasteiger partial charge < -0.3 is 5.32 Å². The first-order chi connectivity index (χ1) is 8.04. The lowest BCUT2D eigenvalue weighted by Gasteiger charge is -2.14. The van der Waals surface area contributed by atoms with E-state index in [9.17, 15) is 4.79 Å². The predicted octanol–water partition coefficient (Wildman–Crippen LogP) is 2.73. The van der Waals surface area contributed by atoms with Crippen LogP contribution in [0, 0.1) is 13.8 Å². The fourth-order valence-electron chi connectivity index (χ4n) is 1.88. The zero-order chi connectivity index (χ0) is 12.5. The number of rotatable bonds is 4. The maximum atomic E-state index is 11.9. The maximum absolute atomic E-state index is 11.9. The number of amides is 1. The lowest BCUT2D eigenvalue weighted by atomic mass is 10.0. The van der Waals surface area contributed by atoms with Crippen molar-refractivity contribution in [2.24, 2.45) is 0 Å². The minimum Gasteiger partial charge on any atom is -0.349 e. The quantitative estimate of drug-likeness (QED) is 0.820. The number of benzene rings is 1. The summed E-state index contributed by atoms with van der Waals surface area (Å²) in [4.78, 5) is 11.9. The number of halogens is 1. The number of carbonyl (C=O) groups excluding carboxylic acids is 1. The molecule has 0 unspecified atom stereocenters. The molecule has 0 atom stereocenters. The molecule has 92 valence electrons. The molecule has 2 rings (SSSR count). The number of aryl methyl sites for hydroxylation is 2. The van der Waals surface area contributed by atoms with E-state index in [1.54, 1.807) is 0 Å².